The normalized spacial score (nSPS) is 12.6. The van der Waals surface area contributed by atoms with E-state index < -0.39 is 11.7 Å². The van der Waals surface area contributed by atoms with E-state index in [-0.39, 0.29) is 6.04 Å². The van der Waals surface area contributed by atoms with E-state index in [1.165, 1.54) is 12.1 Å². The maximum Gasteiger partial charge on any atom is 0.416 e. The first kappa shape index (κ1) is 18.3. The molecule has 0 heterocycles. The van der Waals surface area contributed by atoms with E-state index in [0.29, 0.717) is 10.8 Å². The summed E-state index contributed by atoms with van der Waals surface area (Å²) in [7, 11) is 0. The fourth-order valence-corrected chi connectivity index (χ4v) is 2.71. The van der Waals surface area contributed by atoms with Crippen LogP contribution in [0.25, 0.3) is 0 Å². The Kier molecular flexibility index (Phi) is 5.49. The van der Waals surface area contributed by atoms with E-state index >= 15 is 0 Å². The van der Waals surface area contributed by atoms with Crippen molar-refractivity contribution in [1.29, 1.82) is 0 Å². The van der Waals surface area contributed by atoms with Crippen molar-refractivity contribution in [2.75, 3.05) is 5.32 Å². The SMILES string of the molecule is Cc1ccc(C)c(C(C)NC(=S)Nc2ccc(C(F)(F)F)cc2)c1. The summed E-state index contributed by atoms with van der Waals surface area (Å²) < 4.78 is 37.7. The molecule has 0 fully saturated rings. The van der Waals surface area contributed by atoms with E-state index in [1.54, 1.807) is 0 Å². The Morgan fingerprint density at radius 1 is 1.04 bits per heavy atom. The monoisotopic (exact) mass is 352 g/mol. The van der Waals surface area contributed by atoms with Gasteiger partial charge in [0.15, 0.2) is 5.11 Å². The quantitative estimate of drug-likeness (QED) is 0.726. The molecule has 0 aliphatic heterocycles. The number of anilines is 1. The number of aryl methyl sites for hydroxylation is 2. The third kappa shape index (κ3) is 4.71. The third-order valence-electron chi connectivity index (χ3n) is 3.72. The Labute approximate surface area is 145 Å². The minimum Gasteiger partial charge on any atom is -0.356 e. The maximum atomic E-state index is 12.6. The zero-order valence-corrected chi connectivity index (χ0v) is 14.5. The van der Waals surface area contributed by atoms with Crippen molar-refractivity contribution in [2.45, 2.75) is 33.0 Å². The van der Waals surface area contributed by atoms with Crippen LogP contribution in [-0.4, -0.2) is 5.11 Å². The van der Waals surface area contributed by atoms with Gasteiger partial charge in [0.25, 0.3) is 0 Å². The molecule has 0 amide bonds. The topological polar surface area (TPSA) is 24.1 Å². The highest BCUT2D eigenvalue weighted by Crippen LogP contribution is 2.29. The van der Waals surface area contributed by atoms with Gasteiger partial charge in [-0.3, -0.25) is 0 Å². The molecule has 0 radical (unpaired) electrons. The molecule has 2 rings (SSSR count). The van der Waals surface area contributed by atoms with Crippen LogP contribution < -0.4 is 10.6 Å². The van der Waals surface area contributed by atoms with E-state index in [0.717, 1.165) is 28.8 Å². The van der Waals surface area contributed by atoms with Gasteiger partial charge in [-0.2, -0.15) is 13.2 Å². The first-order valence-electron chi connectivity index (χ1n) is 7.49. The number of hydrogen-bond donors (Lipinski definition) is 2. The first-order valence-corrected chi connectivity index (χ1v) is 7.89. The summed E-state index contributed by atoms with van der Waals surface area (Å²) in [4.78, 5) is 0. The summed E-state index contributed by atoms with van der Waals surface area (Å²) >= 11 is 5.25. The largest absolute Gasteiger partial charge is 0.416 e. The van der Waals surface area contributed by atoms with Gasteiger partial charge in [0.1, 0.15) is 0 Å². The van der Waals surface area contributed by atoms with Gasteiger partial charge in [-0.1, -0.05) is 23.8 Å². The summed E-state index contributed by atoms with van der Waals surface area (Å²) in [5.74, 6) is 0. The summed E-state index contributed by atoms with van der Waals surface area (Å²) in [5, 5.41) is 6.43. The van der Waals surface area contributed by atoms with Gasteiger partial charge in [0.2, 0.25) is 0 Å². The molecule has 1 atom stereocenters. The Morgan fingerprint density at radius 2 is 1.67 bits per heavy atom. The Hall–Kier alpha value is -2.08. The molecule has 0 aliphatic carbocycles. The molecule has 0 bridgehead atoms. The first-order chi connectivity index (χ1) is 11.2. The van der Waals surface area contributed by atoms with Crippen LogP contribution in [0.5, 0.6) is 0 Å². The van der Waals surface area contributed by atoms with Crippen LogP contribution in [0.15, 0.2) is 42.5 Å². The van der Waals surface area contributed by atoms with E-state index in [2.05, 4.69) is 22.8 Å². The predicted octanol–water partition coefficient (Wildman–Crippen LogP) is 5.37. The molecule has 2 aromatic carbocycles. The Morgan fingerprint density at radius 3 is 2.25 bits per heavy atom. The highest BCUT2D eigenvalue weighted by atomic mass is 32.1. The Bertz CT molecular complexity index is 724. The highest BCUT2D eigenvalue weighted by molar-refractivity contribution is 7.80. The van der Waals surface area contributed by atoms with Crippen LogP contribution >= 0.6 is 12.2 Å². The van der Waals surface area contributed by atoms with Crippen LogP contribution in [0.1, 0.15) is 35.2 Å². The van der Waals surface area contributed by atoms with Crippen LogP contribution in [0, 0.1) is 13.8 Å². The molecule has 0 aromatic heterocycles. The molecule has 2 N–H and O–H groups in total. The molecule has 0 aliphatic rings. The van der Waals surface area contributed by atoms with Crippen molar-refractivity contribution in [2.24, 2.45) is 0 Å². The summed E-state index contributed by atoms with van der Waals surface area (Å²) in [5.41, 5.74) is 3.26. The summed E-state index contributed by atoms with van der Waals surface area (Å²) in [6.07, 6.45) is -4.34. The number of nitrogens with one attached hydrogen (secondary N) is 2. The van der Waals surface area contributed by atoms with Crippen molar-refractivity contribution in [3.8, 4) is 0 Å². The van der Waals surface area contributed by atoms with Gasteiger partial charge in [-0.05, 0) is 68.4 Å². The number of thiocarbonyl (C=S) groups is 1. The lowest BCUT2D eigenvalue weighted by Crippen LogP contribution is -2.31. The molecule has 1 unspecified atom stereocenters. The molecule has 0 saturated carbocycles. The minimum atomic E-state index is -4.34. The third-order valence-corrected chi connectivity index (χ3v) is 3.94. The second kappa shape index (κ2) is 7.21. The van der Waals surface area contributed by atoms with Crippen molar-refractivity contribution in [3.05, 3.63) is 64.7 Å². The standard InChI is InChI=1S/C18H19F3N2S/c1-11-4-5-12(2)16(10-11)13(3)22-17(24)23-15-8-6-14(7-9-15)18(19,20)21/h4-10,13H,1-3H3,(H2,22,23,24). The lowest BCUT2D eigenvalue weighted by molar-refractivity contribution is -0.137. The van der Waals surface area contributed by atoms with Gasteiger partial charge >= 0.3 is 6.18 Å². The zero-order chi connectivity index (χ0) is 17.9. The summed E-state index contributed by atoms with van der Waals surface area (Å²) in [6.45, 7) is 6.04. The lowest BCUT2D eigenvalue weighted by Gasteiger charge is -2.20. The van der Waals surface area contributed by atoms with Gasteiger partial charge in [0, 0.05) is 5.69 Å². The smallest absolute Gasteiger partial charge is 0.356 e. The molecule has 0 spiro atoms. The number of hydrogen-bond acceptors (Lipinski definition) is 1. The van der Waals surface area contributed by atoms with E-state index in [9.17, 15) is 13.2 Å². The fraction of sp³-hybridized carbons (Fsp3) is 0.278. The average Bonchev–Trinajstić information content (AvgIpc) is 2.49. The number of alkyl halides is 3. The molecule has 2 nitrogen and oxygen atoms in total. The second-order valence-corrected chi connectivity index (χ2v) is 6.16. The lowest BCUT2D eigenvalue weighted by atomic mass is 10.0. The van der Waals surface area contributed by atoms with E-state index in [4.69, 9.17) is 12.2 Å². The van der Waals surface area contributed by atoms with Gasteiger partial charge in [0.05, 0.1) is 11.6 Å². The molecule has 2 aromatic rings. The molecule has 24 heavy (non-hydrogen) atoms. The van der Waals surface area contributed by atoms with Crippen molar-refractivity contribution in [1.82, 2.24) is 5.32 Å². The van der Waals surface area contributed by atoms with Crippen molar-refractivity contribution < 1.29 is 13.2 Å². The predicted molar refractivity (Wildman–Crippen MR) is 95.1 cm³/mol. The van der Waals surface area contributed by atoms with Gasteiger partial charge in [-0.25, -0.2) is 0 Å². The molecular formula is C18H19F3N2S. The number of halogens is 3. The van der Waals surface area contributed by atoms with E-state index in [1.807, 2.05) is 26.8 Å². The van der Waals surface area contributed by atoms with Crippen LogP contribution in [0.3, 0.4) is 0 Å². The number of rotatable bonds is 3. The van der Waals surface area contributed by atoms with Crippen molar-refractivity contribution >= 4 is 23.0 Å². The molecule has 128 valence electrons. The summed E-state index contributed by atoms with van der Waals surface area (Å²) in [6, 6.07) is 10.9. The molecular weight excluding hydrogens is 333 g/mol. The van der Waals surface area contributed by atoms with Gasteiger partial charge < -0.3 is 10.6 Å². The Balaban J connectivity index is 2.01. The fourth-order valence-electron chi connectivity index (χ4n) is 2.41. The van der Waals surface area contributed by atoms with Crippen molar-refractivity contribution in [3.63, 3.8) is 0 Å². The molecule has 0 saturated heterocycles. The maximum absolute atomic E-state index is 12.6. The second-order valence-electron chi connectivity index (χ2n) is 5.76. The number of benzene rings is 2. The zero-order valence-electron chi connectivity index (χ0n) is 13.7. The van der Waals surface area contributed by atoms with Crippen LogP contribution in [0.4, 0.5) is 18.9 Å². The van der Waals surface area contributed by atoms with Crippen LogP contribution in [-0.2, 0) is 6.18 Å². The van der Waals surface area contributed by atoms with Gasteiger partial charge in [-0.15, -0.1) is 0 Å². The highest BCUT2D eigenvalue weighted by Gasteiger charge is 2.29. The average molecular weight is 352 g/mol. The minimum absolute atomic E-state index is 0.0145. The van der Waals surface area contributed by atoms with Crippen LogP contribution in [0.2, 0.25) is 0 Å². The molecule has 6 heteroatoms.